The van der Waals surface area contributed by atoms with Crippen LogP contribution in [0.2, 0.25) is 0 Å². The SMILES string of the molecule is Cc1c(Br)c(O)n(Cc2cccc(Cn3c(O)c(C)c(Br)c3O)c2)c1O. The van der Waals surface area contributed by atoms with Gasteiger partial charge in [0.05, 0.1) is 22.0 Å². The van der Waals surface area contributed by atoms with Crippen molar-refractivity contribution in [1.82, 2.24) is 9.13 Å². The predicted octanol–water partition coefficient (Wildman–Crippen LogP) is 4.35. The molecule has 0 spiro atoms. The molecular weight excluding hydrogens is 468 g/mol. The van der Waals surface area contributed by atoms with Gasteiger partial charge < -0.3 is 20.4 Å². The molecule has 0 atom stereocenters. The first-order valence-corrected chi connectivity index (χ1v) is 9.41. The van der Waals surface area contributed by atoms with Crippen LogP contribution in [0.1, 0.15) is 22.3 Å². The summed E-state index contributed by atoms with van der Waals surface area (Å²) < 4.78 is 3.75. The van der Waals surface area contributed by atoms with E-state index in [1.807, 2.05) is 24.3 Å². The summed E-state index contributed by atoms with van der Waals surface area (Å²) in [6.07, 6.45) is 0. The fourth-order valence-corrected chi connectivity index (χ4v) is 3.65. The average Bonchev–Trinajstić information content (AvgIpc) is 2.92. The molecule has 0 saturated heterocycles. The lowest BCUT2D eigenvalue weighted by Gasteiger charge is -2.11. The van der Waals surface area contributed by atoms with Gasteiger partial charge >= 0.3 is 0 Å². The Balaban J connectivity index is 1.91. The molecule has 3 aromatic rings. The van der Waals surface area contributed by atoms with E-state index in [4.69, 9.17) is 0 Å². The summed E-state index contributed by atoms with van der Waals surface area (Å²) in [7, 11) is 0. The minimum Gasteiger partial charge on any atom is -0.494 e. The number of nitrogens with zero attached hydrogens (tertiary/aromatic N) is 2. The van der Waals surface area contributed by atoms with Crippen LogP contribution in [0.3, 0.4) is 0 Å². The number of rotatable bonds is 4. The van der Waals surface area contributed by atoms with Gasteiger partial charge in [0, 0.05) is 11.1 Å². The van der Waals surface area contributed by atoms with Crippen molar-refractivity contribution >= 4 is 31.9 Å². The lowest BCUT2D eigenvalue weighted by atomic mass is 10.1. The summed E-state index contributed by atoms with van der Waals surface area (Å²) in [5.41, 5.74) is 2.86. The molecule has 138 valence electrons. The van der Waals surface area contributed by atoms with Gasteiger partial charge in [0.2, 0.25) is 11.8 Å². The van der Waals surface area contributed by atoms with Gasteiger partial charge in [0.15, 0.2) is 11.8 Å². The smallest absolute Gasteiger partial charge is 0.209 e. The Labute approximate surface area is 167 Å². The van der Waals surface area contributed by atoms with Crippen LogP contribution in [-0.2, 0) is 13.1 Å². The van der Waals surface area contributed by atoms with E-state index in [9.17, 15) is 20.4 Å². The van der Waals surface area contributed by atoms with Crippen molar-refractivity contribution in [2.75, 3.05) is 0 Å². The van der Waals surface area contributed by atoms with Crippen molar-refractivity contribution < 1.29 is 20.4 Å². The van der Waals surface area contributed by atoms with E-state index in [0.29, 0.717) is 20.1 Å². The molecule has 4 N–H and O–H groups in total. The Kier molecular flexibility index (Phi) is 4.98. The highest BCUT2D eigenvalue weighted by atomic mass is 79.9. The maximum atomic E-state index is 10.2. The van der Waals surface area contributed by atoms with Crippen LogP contribution in [0.15, 0.2) is 33.2 Å². The minimum atomic E-state index is -0.0364. The van der Waals surface area contributed by atoms with E-state index in [1.165, 1.54) is 9.13 Å². The summed E-state index contributed by atoms with van der Waals surface area (Å²) in [4.78, 5) is 0. The third-order valence-corrected chi connectivity index (χ3v) is 6.32. The zero-order chi connectivity index (χ0) is 19.2. The van der Waals surface area contributed by atoms with Crippen LogP contribution in [0.25, 0.3) is 0 Å². The molecule has 0 bridgehead atoms. The lowest BCUT2D eigenvalue weighted by molar-refractivity contribution is 0.374. The summed E-state index contributed by atoms with van der Waals surface area (Å²) in [6.45, 7) is 3.99. The topological polar surface area (TPSA) is 90.8 Å². The zero-order valence-electron chi connectivity index (χ0n) is 14.2. The number of halogens is 2. The molecule has 0 aliphatic carbocycles. The molecule has 0 aliphatic rings. The molecule has 0 amide bonds. The van der Waals surface area contributed by atoms with E-state index < -0.39 is 0 Å². The van der Waals surface area contributed by atoms with Crippen molar-refractivity contribution in [3.05, 3.63) is 55.5 Å². The van der Waals surface area contributed by atoms with Crippen molar-refractivity contribution in [1.29, 1.82) is 0 Å². The minimum absolute atomic E-state index is 0.0000295. The molecule has 0 unspecified atom stereocenters. The molecule has 0 radical (unpaired) electrons. The van der Waals surface area contributed by atoms with Gasteiger partial charge in [-0.3, -0.25) is 9.13 Å². The predicted molar refractivity (Wildman–Crippen MR) is 105 cm³/mol. The fourth-order valence-electron chi connectivity index (χ4n) is 2.87. The molecule has 3 rings (SSSR count). The Morgan fingerprint density at radius 1 is 0.731 bits per heavy atom. The number of aromatic hydroxyl groups is 4. The molecule has 1 aromatic carbocycles. The Morgan fingerprint density at radius 3 is 1.42 bits per heavy atom. The van der Waals surface area contributed by atoms with E-state index in [-0.39, 0.29) is 36.6 Å². The van der Waals surface area contributed by atoms with Crippen LogP contribution in [0.4, 0.5) is 0 Å². The number of hydrogen-bond acceptors (Lipinski definition) is 4. The molecule has 26 heavy (non-hydrogen) atoms. The maximum absolute atomic E-state index is 10.2. The average molecular weight is 486 g/mol. The van der Waals surface area contributed by atoms with Gasteiger partial charge in [-0.15, -0.1) is 0 Å². The molecule has 0 saturated carbocycles. The molecular formula is C18H18Br2N2O4. The third kappa shape index (κ3) is 3.07. The normalized spacial score (nSPS) is 11.2. The van der Waals surface area contributed by atoms with E-state index >= 15 is 0 Å². The van der Waals surface area contributed by atoms with E-state index in [1.54, 1.807) is 13.8 Å². The van der Waals surface area contributed by atoms with Gasteiger partial charge in [-0.2, -0.15) is 0 Å². The number of benzene rings is 1. The van der Waals surface area contributed by atoms with Gasteiger partial charge in [-0.1, -0.05) is 24.3 Å². The monoisotopic (exact) mass is 484 g/mol. The van der Waals surface area contributed by atoms with Crippen molar-refractivity contribution in [2.24, 2.45) is 0 Å². The first-order chi connectivity index (χ1) is 12.2. The van der Waals surface area contributed by atoms with Crippen LogP contribution in [-0.4, -0.2) is 29.6 Å². The first kappa shape index (κ1) is 18.7. The summed E-state index contributed by atoms with van der Waals surface area (Å²) >= 11 is 6.51. The zero-order valence-corrected chi connectivity index (χ0v) is 17.3. The van der Waals surface area contributed by atoms with Crippen molar-refractivity contribution in [3.8, 4) is 23.5 Å². The van der Waals surface area contributed by atoms with Crippen LogP contribution >= 0.6 is 31.9 Å². The third-order valence-electron chi connectivity index (χ3n) is 4.42. The summed E-state index contributed by atoms with van der Waals surface area (Å²) in [6, 6.07) is 7.50. The Hall–Kier alpha value is -2.06. The molecule has 0 aliphatic heterocycles. The molecule has 2 heterocycles. The highest BCUT2D eigenvalue weighted by Crippen LogP contribution is 2.39. The van der Waals surface area contributed by atoms with E-state index in [2.05, 4.69) is 31.9 Å². The second-order valence-corrected chi connectivity index (χ2v) is 7.75. The number of hydrogen-bond donors (Lipinski definition) is 4. The van der Waals surface area contributed by atoms with Crippen LogP contribution in [0.5, 0.6) is 23.5 Å². The molecule has 8 heteroatoms. The largest absolute Gasteiger partial charge is 0.494 e. The summed E-state index contributed by atoms with van der Waals surface area (Å²) in [5, 5.41) is 40.6. The standard InChI is InChI=1S/C18H18Br2N2O4/c1-9-13(19)17(25)21(15(9)23)7-11-4-3-5-12(6-11)8-22-16(24)10(2)14(20)18(22)26/h3-6,23-26H,7-8H2,1-2H3. The van der Waals surface area contributed by atoms with Gasteiger partial charge in [0.25, 0.3) is 0 Å². The quantitative estimate of drug-likeness (QED) is 0.442. The highest BCUT2D eigenvalue weighted by molar-refractivity contribution is 9.11. The van der Waals surface area contributed by atoms with Gasteiger partial charge in [-0.05, 0) is 56.8 Å². The van der Waals surface area contributed by atoms with Crippen molar-refractivity contribution in [3.63, 3.8) is 0 Å². The Bertz CT molecular complexity index is 865. The van der Waals surface area contributed by atoms with Gasteiger partial charge in [0.1, 0.15) is 0 Å². The van der Waals surface area contributed by atoms with Crippen molar-refractivity contribution in [2.45, 2.75) is 26.9 Å². The second kappa shape index (κ2) is 6.92. The fraction of sp³-hybridized carbons (Fsp3) is 0.222. The highest BCUT2D eigenvalue weighted by Gasteiger charge is 2.19. The lowest BCUT2D eigenvalue weighted by Crippen LogP contribution is -2.02. The molecule has 0 fully saturated rings. The Morgan fingerprint density at radius 2 is 1.12 bits per heavy atom. The van der Waals surface area contributed by atoms with E-state index in [0.717, 1.165) is 11.1 Å². The van der Waals surface area contributed by atoms with Crippen LogP contribution in [0, 0.1) is 13.8 Å². The van der Waals surface area contributed by atoms with Crippen LogP contribution < -0.4 is 0 Å². The molecule has 2 aromatic heterocycles. The molecule has 6 nitrogen and oxygen atoms in total. The first-order valence-electron chi connectivity index (χ1n) is 7.83. The number of aromatic nitrogens is 2. The van der Waals surface area contributed by atoms with Gasteiger partial charge in [-0.25, -0.2) is 0 Å². The summed E-state index contributed by atoms with van der Waals surface area (Å²) in [5.74, 6) is -0.0728. The maximum Gasteiger partial charge on any atom is 0.209 e. The second-order valence-electron chi connectivity index (χ2n) is 6.16.